The molecule has 3 heterocycles. The van der Waals surface area contributed by atoms with Gasteiger partial charge in [-0.3, -0.25) is 19.1 Å². The van der Waals surface area contributed by atoms with E-state index in [9.17, 15) is 22.8 Å². The molecule has 3 aromatic rings. The number of aromatic nitrogens is 4. The van der Waals surface area contributed by atoms with Gasteiger partial charge in [0.15, 0.2) is 27.1 Å². The summed E-state index contributed by atoms with van der Waals surface area (Å²) < 4.78 is 52.9. The molecule has 2 fully saturated rings. The van der Waals surface area contributed by atoms with Crippen LogP contribution in [0.5, 0.6) is 5.75 Å². The van der Waals surface area contributed by atoms with Crippen molar-refractivity contribution >= 4 is 44.8 Å². The molecule has 14 nitrogen and oxygen atoms in total. The number of para-hydroxylation sites is 1. The first-order valence-corrected chi connectivity index (χ1v) is 14.6. The molecular formula is C26H30N8O6S. The zero-order valence-electron chi connectivity index (χ0n) is 25.3. The largest absolute Gasteiger partial charge is 0.494 e. The molecule has 0 spiro atoms. The van der Waals surface area contributed by atoms with E-state index in [-0.39, 0.29) is 71.0 Å². The molecule has 1 saturated carbocycles. The molecule has 216 valence electrons. The third kappa shape index (κ3) is 5.99. The number of nitrogens with zero attached hydrogens (tertiary/aromatic N) is 5. The SMILES string of the molecule is [2H]C([2H])([2H])NC(=O)c1nnc(NC(=O)C2CC2)cc1Nc1cccc(-c2cc(C(=O)N3CCS(=O)(=O)CC3)n(C)n2)c1OC. The maximum Gasteiger partial charge on any atom is 0.273 e. The van der Waals surface area contributed by atoms with E-state index in [1.165, 1.54) is 22.8 Å². The van der Waals surface area contributed by atoms with Crippen LogP contribution in [0.3, 0.4) is 0 Å². The van der Waals surface area contributed by atoms with E-state index >= 15 is 0 Å². The van der Waals surface area contributed by atoms with Crippen molar-refractivity contribution < 1.29 is 31.7 Å². The van der Waals surface area contributed by atoms with Crippen LogP contribution < -0.4 is 20.7 Å². The zero-order chi connectivity index (χ0) is 31.8. The molecule has 2 aliphatic rings. The summed E-state index contributed by atoms with van der Waals surface area (Å²) in [5, 5.41) is 19.8. The number of hydrogen-bond donors (Lipinski definition) is 3. The monoisotopic (exact) mass is 585 g/mol. The minimum absolute atomic E-state index is 0.0419. The van der Waals surface area contributed by atoms with Crippen LogP contribution in [-0.4, -0.2) is 89.7 Å². The number of rotatable bonds is 8. The van der Waals surface area contributed by atoms with Gasteiger partial charge in [-0.2, -0.15) is 5.10 Å². The van der Waals surface area contributed by atoms with Gasteiger partial charge >= 0.3 is 0 Å². The van der Waals surface area contributed by atoms with Crippen molar-refractivity contribution in [3.05, 3.63) is 41.7 Å². The maximum absolute atomic E-state index is 13.2. The van der Waals surface area contributed by atoms with Gasteiger partial charge in [0.2, 0.25) is 5.91 Å². The van der Waals surface area contributed by atoms with E-state index in [1.807, 2.05) is 5.32 Å². The summed E-state index contributed by atoms with van der Waals surface area (Å²) in [6.45, 7) is -2.61. The Balaban J connectivity index is 1.47. The van der Waals surface area contributed by atoms with Gasteiger partial charge in [-0.25, -0.2) is 8.42 Å². The van der Waals surface area contributed by atoms with Crippen LogP contribution in [0, 0.1) is 5.92 Å². The number of anilines is 3. The molecular weight excluding hydrogens is 552 g/mol. The standard InChI is InChI=1S/C26H30N8O6S/c1-27-25(36)22-19(14-21(30-31-22)29-24(35)15-7-8-15)28-17-6-4-5-16(23(17)40-3)18-13-20(33(2)32-18)26(37)34-9-11-41(38,39)12-10-34/h4-6,13-15H,7-12H2,1-3H3,(H,27,36)(H2,28,29,30,35)/i1D3. The third-order valence-corrected chi connectivity index (χ3v) is 8.43. The number of sulfone groups is 1. The van der Waals surface area contributed by atoms with Crippen molar-refractivity contribution in [1.82, 2.24) is 30.2 Å². The number of carbonyl (C=O) groups is 3. The predicted octanol–water partition coefficient (Wildman–Crippen LogP) is 1.21. The number of aryl methyl sites for hydroxylation is 1. The molecule has 5 rings (SSSR count). The van der Waals surface area contributed by atoms with Crippen LogP contribution in [0.15, 0.2) is 30.3 Å². The first kappa shape index (κ1) is 24.3. The summed E-state index contributed by atoms with van der Waals surface area (Å²) in [5.41, 5.74) is 1.14. The highest BCUT2D eigenvalue weighted by Gasteiger charge is 2.31. The van der Waals surface area contributed by atoms with Gasteiger partial charge in [-0.15, -0.1) is 10.2 Å². The smallest absolute Gasteiger partial charge is 0.273 e. The lowest BCUT2D eigenvalue weighted by Crippen LogP contribution is -2.44. The summed E-state index contributed by atoms with van der Waals surface area (Å²) in [5.74, 6) is -1.62. The molecule has 41 heavy (non-hydrogen) atoms. The van der Waals surface area contributed by atoms with Crippen LogP contribution in [0.2, 0.25) is 0 Å². The first-order chi connectivity index (χ1) is 20.7. The average Bonchev–Trinajstić information content (AvgIpc) is 3.73. The number of benzene rings is 1. The van der Waals surface area contributed by atoms with Crippen LogP contribution >= 0.6 is 0 Å². The molecule has 3 amide bonds. The number of amides is 3. The second-order valence-electron chi connectivity index (χ2n) is 9.70. The maximum atomic E-state index is 13.2. The summed E-state index contributed by atoms with van der Waals surface area (Å²) in [4.78, 5) is 39.8. The van der Waals surface area contributed by atoms with Crippen molar-refractivity contribution in [3.8, 4) is 17.0 Å². The van der Waals surface area contributed by atoms with Crippen LogP contribution in [0.25, 0.3) is 11.3 Å². The molecule has 0 radical (unpaired) electrons. The van der Waals surface area contributed by atoms with Crippen molar-refractivity contribution in [2.45, 2.75) is 12.8 Å². The number of ether oxygens (including phenoxy) is 1. The molecule has 0 bridgehead atoms. The molecule has 0 unspecified atom stereocenters. The van der Waals surface area contributed by atoms with Crippen molar-refractivity contribution in [2.24, 2.45) is 13.0 Å². The Morgan fingerprint density at radius 2 is 1.85 bits per heavy atom. The Morgan fingerprint density at radius 1 is 1.10 bits per heavy atom. The van der Waals surface area contributed by atoms with E-state index in [4.69, 9.17) is 8.85 Å². The van der Waals surface area contributed by atoms with Crippen molar-refractivity contribution in [3.63, 3.8) is 0 Å². The molecule has 1 saturated heterocycles. The van der Waals surface area contributed by atoms with E-state index in [1.54, 1.807) is 31.3 Å². The van der Waals surface area contributed by atoms with Gasteiger partial charge in [0.25, 0.3) is 11.8 Å². The Labute approximate surface area is 240 Å². The lowest BCUT2D eigenvalue weighted by Gasteiger charge is -2.26. The second-order valence-corrected chi connectivity index (χ2v) is 12.0. The highest BCUT2D eigenvalue weighted by molar-refractivity contribution is 7.91. The number of methoxy groups -OCH3 is 1. The van der Waals surface area contributed by atoms with Gasteiger partial charge in [-0.05, 0) is 31.0 Å². The van der Waals surface area contributed by atoms with E-state index in [0.29, 0.717) is 16.9 Å². The Bertz CT molecular complexity index is 1730. The molecule has 1 aromatic carbocycles. The topological polar surface area (TPSA) is 178 Å². The summed E-state index contributed by atoms with van der Waals surface area (Å²) in [6, 6.07) is 7.96. The zero-order valence-corrected chi connectivity index (χ0v) is 23.1. The molecule has 0 atom stereocenters. The van der Waals surface area contributed by atoms with Gasteiger partial charge < -0.3 is 25.6 Å². The van der Waals surface area contributed by atoms with Gasteiger partial charge in [0.1, 0.15) is 5.69 Å². The fourth-order valence-corrected chi connectivity index (χ4v) is 5.63. The second kappa shape index (κ2) is 11.2. The third-order valence-electron chi connectivity index (χ3n) is 6.82. The van der Waals surface area contributed by atoms with Gasteiger partial charge in [-0.1, -0.05) is 6.07 Å². The summed E-state index contributed by atoms with van der Waals surface area (Å²) in [6.07, 6.45) is 1.52. The van der Waals surface area contributed by atoms with Crippen LogP contribution in [0.1, 0.15) is 37.9 Å². The lowest BCUT2D eigenvalue weighted by atomic mass is 10.1. The average molecular weight is 586 g/mol. The van der Waals surface area contributed by atoms with E-state index in [0.717, 1.165) is 12.8 Å². The summed E-state index contributed by atoms with van der Waals surface area (Å²) >= 11 is 0. The molecule has 2 aromatic heterocycles. The Morgan fingerprint density at radius 3 is 2.54 bits per heavy atom. The van der Waals surface area contributed by atoms with Gasteiger partial charge in [0.05, 0.1) is 35.7 Å². The highest BCUT2D eigenvalue weighted by atomic mass is 32.2. The summed E-state index contributed by atoms with van der Waals surface area (Å²) in [7, 11) is -0.151. The highest BCUT2D eigenvalue weighted by Crippen LogP contribution is 2.38. The van der Waals surface area contributed by atoms with E-state index < -0.39 is 22.7 Å². The quantitative estimate of drug-likeness (QED) is 0.348. The Hall–Kier alpha value is -4.53. The minimum atomic E-state index is -3.17. The van der Waals surface area contributed by atoms with E-state index in [2.05, 4.69) is 25.9 Å². The lowest BCUT2D eigenvalue weighted by molar-refractivity contribution is -0.117. The fourth-order valence-electron chi connectivity index (χ4n) is 4.43. The molecule has 1 aliphatic heterocycles. The fraction of sp³-hybridized carbons (Fsp3) is 0.385. The number of hydrogen-bond acceptors (Lipinski definition) is 10. The molecule has 1 aliphatic carbocycles. The molecule has 15 heteroatoms. The van der Waals surface area contributed by atoms with Crippen molar-refractivity contribution in [2.75, 3.05) is 49.3 Å². The van der Waals surface area contributed by atoms with Crippen molar-refractivity contribution in [1.29, 1.82) is 0 Å². The predicted molar refractivity (Wildman–Crippen MR) is 150 cm³/mol. The number of carbonyl (C=O) groups excluding carboxylic acids is 3. The minimum Gasteiger partial charge on any atom is -0.494 e. The number of nitrogens with one attached hydrogen (secondary N) is 3. The van der Waals surface area contributed by atoms with Crippen LogP contribution in [0.4, 0.5) is 17.2 Å². The first-order valence-electron chi connectivity index (χ1n) is 14.2. The Kier molecular flexibility index (Phi) is 6.61. The normalized spacial score (nSPS) is 17.5. The molecule has 3 N–H and O–H groups in total. The van der Waals surface area contributed by atoms with Crippen LogP contribution in [-0.2, 0) is 21.7 Å². The van der Waals surface area contributed by atoms with Gasteiger partial charge in [0, 0.05) is 48.8 Å².